The molecule has 1 atom stereocenters. The first-order valence-electron chi connectivity index (χ1n) is 4.57. The van der Waals surface area contributed by atoms with Crippen LogP contribution in [0.2, 0.25) is 0 Å². The van der Waals surface area contributed by atoms with Gasteiger partial charge in [0, 0.05) is 12.5 Å². The van der Waals surface area contributed by atoms with Crippen LogP contribution in [0.1, 0.15) is 11.9 Å². The summed E-state index contributed by atoms with van der Waals surface area (Å²) in [5, 5.41) is 10.2. The van der Waals surface area contributed by atoms with Gasteiger partial charge in [0.1, 0.15) is 11.9 Å². The molecule has 0 fully saturated rings. The van der Waals surface area contributed by atoms with E-state index in [0.717, 1.165) is 0 Å². The highest BCUT2D eigenvalue weighted by Gasteiger charge is 2.14. The standard InChI is InChI=1S/C11H11FO3/c1-14-6-9(13)10-5-7-3-2-4-8(12)11(7)15-10/h2-5,9,13H,6H2,1H3. The van der Waals surface area contributed by atoms with Crippen LogP contribution >= 0.6 is 0 Å². The molecule has 0 aliphatic carbocycles. The third kappa shape index (κ3) is 1.86. The summed E-state index contributed by atoms with van der Waals surface area (Å²) in [6.45, 7) is 0.126. The minimum absolute atomic E-state index is 0.126. The fourth-order valence-corrected chi connectivity index (χ4v) is 1.45. The Kier molecular flexibility index (Phi) is 2.70. The number of hydrogen-bond donors (Lipinski definition) is 1. The summed E-state index contributed by atoms with van der Waals surface area (Å²) >= 11 is 0. The molecule has 0 saturated carbocycles. The van der Waals surface area contributed by atoms with Crippen LogP contribution in [0.4, 0.5) is 4.39 Å². The average Bonchev–Trinajstić information content (AvgIpc) is 2.63. The third-order valence-corrected chi connectivity index (χ3v) is 2.17. The van der Waals surface area contributed by atoms with Crippen LogP contribution in [-0.2, 0) is 4.74 Å². The minimum atomic E-state index is -0.859. The van der Waals surface area contributed by atoms with E-state index in [9.17, 15) is 9.50 Å². The van der Waals surface area contributed by atoms with E-state index >= 15 is 0 Å². The fraction of sp³-hybridized carbons (Fsp3) is 0.273. The van der Waals surface area contributed by atoms with E-state index in [0.29, 0.717) is 11.1 Å². The Morgan fingerprint density at radius 1 is 1.53 bits per heavy atom. The van der Waals surface area contributed by atoms with E-state index in [1.165, 1.54) is 13.2 Å². The van der Waals surface area contributed by atoms with Gasteiger partial charge in [0.05, 0.1) is 6.61 Å². The van der Waals surface area contributed by atoms with Gasteiger partial charge in [-0.3, -0.25) is 0 Å². The van der Waals surface area contributed by atoms with Gasteiger partial charge in [-0.1, -0.05) is 12.1 Å². The molecule has 1 unspecified atom stereocenters. The topological polar surface area (TPSA) is 42.6 Å². The maximum atomic E-state index is 13.2. The minimum Gasteiger partial charge on any atom is -0.455 e. The number of fused-ring (bicyclic) bond motifs is 1. The Balaban J connectivity index is 2.43. The molecule has 0 aliphatic heterocycles. The van der Waals surface area contributed by atoms with Gasteiger partial charge in [-0.05, 0) is 12.1 Å². The molecule has 3 nitrogen and oxygen atoms in total. The lowest BCUT2D eigenvalue weighted by Crippen LogP contribution is -2.03. The number of aliphatic hydroxyl groups is 1. The van der Waals surface area contributed by atoms with Gasteiger partial charge >= 0.3 is 0 Å². The molecule has 0 aliphatic rings. The zero-order valence-electron chi connectivity index (χ0n) is 8.24. The molecule has 1 heterocycles. The number of ether oxygens (including phenoxy) is 1. The van der Waals surface area contributed by atoms with Gasteiger partial charge < -0.3 is 14.3 Å². The van der Waals surface area contributed by atoms with Crippen molar-refractivity contribution in [1.29, 1.82) is 0 Å². The first kappa shape index (κ1) is 10.1. The molecule has 1 aromatic carbocycles. The van der Waals surface area contributed by atoms with Crippen molar-refractivity contribution in [1.82, 2.24) is 0 Å². The molecule has 1 N–H and O–H groups in total. The summed E-state index contributed by atoms with van der Waals surface area (Å²) in [6.07, 6.45) is -0.859. The molecule has 0 amide bonds. The number of rotatable bonds is 3. The molecular formula is C11H11FO3. The maximum absolute atomic E-state index is 13.2. The van der Waals surface area contributed by atoms with Crippen molar-refractivity contribution in [2.75, 3.05) is 13.7 Å². The summed E-state index contributed by atoms with van der Waals surface area (Å²) in [6, 6.07) is 6.25. The van der Waals surface area contributed by atoms with Gasteiger partial charge in [0.15, 0.2) is 11.4 Å². The van der Waals surface area contributed by atoms with Crippen LogP contribution in [-0.4, -0.2) is 18.8 Å². The normalized spacial score (nSPS) is 13.3. The first-order chi connectivity index (χ1) is 7.22. The lowest BCUT2D eigenvalue weighted by atomic mass is 10.2. The van der Waals surface area contributed by atoms with Gasteiger partial charge in [-0.15, -0.1) is 0 Å². The average molecular weight is 210 g/mol. The largest absolute Gasteiger partial charge is 0.455 e. The monoisotopic (exact) mass is 210 g/mol. The second-order valence-corrected chi connectivity index (χ2v) is 3.28. The molecule has 0 saturated heterocycles. The molecule has 80 valence electrons. The number of para-hydroxylation sites is 1. The van der Waals surface area contributed by atoms with E-state index in [4.69, 9.17) is 9.15 Å². The summed E-state index contributed by atoms with van der Waals surface area (Å²) in [5.74, 6) is -0.111. The molecular weight excluding hydrogens is 199 g/mol. The highest BCUT2D eigenvalue weighted by atomic mass is 19.1. The van der Waals surface area contributed by atoms with Crippen LogP contribution < -0.4 is 0 Å². The van der Waals surface area contributed by atoms with Gasteiger partial charge in [-0.25, -0.2) is 4.39 Å². The van der Waals surface area contributed by atoms with E-state index in [1.54, 1.807) is 18.2 Å². The lowest BCUT2D eigenvalue weighted by Gasteiger charge is -2.04. The molecule has 0 spiro atoms. The molecule has 2 aromatic rings. The quantitative estimate of drug-likeness (QED) is 0.844. The summed E-state index contributed by atoms with van der Waals surface area (Å²) < 4.78 is 23.2. The Labute approximate surface area is 86.1 Å². The molecule has 0 bridgehead atoms. The van der Waals surface area contributed by atoms with Gasteiger partial charge in [0.25, 0.3) is 0 Å². The van der Waals surface area contributed by atoms with Crippen LogP contribution in [0.25, 0.3) is 11.0 Å². The predicted molar refractivity (Wildman–Crippen MR) is 53.0 cm³/mol. The highest BCUT2D eigenvalue weighted by molar-refractivity contribution is 5.78. The number of methoxy groups -OCH3 is 1. The number of halogens is 1. The fourth-order valence-electron chi connectivity index (χ4n) is 1.45. The molecule has 0 radical (unpaired) electrons. The third-order valence-electron chi connectivity index (χ3n) is 2.17. The number of benzene rings is 1. The van der Waals surface area contributed by atoms with Crippen molar-refractivity contribution in [2.24, 2.45) is 0 Å². The van der Waals surface area contributed by atoms with Crippen molar-refractivity contribution < 1.29 is 18.7 Å². The van der Waals surface area contributed by atoms with Crippen molar-refractivity contribution in [2.45, 2.75) is 6.10 Å². The Hall–Kier alpha value is -1.39. The van der Waals surface area contributed by atoms with Crippen LogP contribution in [0.15, 0.2) is 28.7 Å². The lowest BCUT2D eigenvalue weighted by molar-refractivity contribution is 0.0512. The summed E-state index contributed by atoms with van der Waals surface area (Å²) in [4.78, 5) is 0. The second-order valence-electron chi connectivity index (χ2n) is 3.28. The smallest absolute Gasteiger partial charge is 0.170 e. The van der Waals surface area contributed by atoms with E-state index in [2.05, 4.69) is 0 Å². The molecule has 15 heavy (non-hydrogen) atoms. The number of hydrogen-bond acceptors (Lipinski definition) is 3. The first-order valence-corrected chi connectivity index (χ1v) is 4.57. The van der Waals surface area contributed by atoms with Gasteiger partial charge in [-0.2, -0.15) is 0 Å². The number of aliphatic hydroxyl groups excluding tert-OH is 1. The van der Waals surface area contributed by atoms with Crippen molar-refractivity contribution in [3.8, 4) is 0 Å². The zero-order chi connectivity index (χ0) is 10.8. The van der Waals surface area contributed by atoms with Gasteiger partial charge in [0.2, 0.25) is 0 Å². The second kappa shape index (κ2) is 4.00. The summed E-state index contributed by atoms with van der Waals surface area (Å²) in [5.41, 5.74) is 0.169. The zero-order valence-corrected chi connectivity index (χ0v) is 8.24. The Bertz CT molecular complexity index is 464. The maximum Gasteiger partial charge on any atom is 0.170 e. The molecule has 4 heteroatoms. The Morgan fingerprint density at radius 3 is 3.00 bits per heavy atom. The van der Waals surface area contributed by atoms with Crippen LogP contribution in [0, 0.1) is 5.82 Å². The van der Waals surface area contributed by atoms with E-state index in [1.807, 2.05) is 0 Å². The van der Waals surface area contributed by atoms with Crippen molar-refractivity contribution in [3.05, 3.63) is 35.8 Å². The highest BCUT2D eigenvalue weighted by Crippen LogP contribution is 2.25. The molecule has 2 rings (SSSR count). The number of furan rings is 1. The molecule has 1 aromatic heterocycles. The van der Waals surface area contributed by atoms with Crippen LogP contribution in [0.3, 0.4) is 0 Å². The van der Waals surface area contributed by atoms with Crippen molar-refractivity contribution >= 4 is 11.0 Å². The Morgan fingerprint density at radius 2 is 2.33 bits per heavy atom. The van der Waals surface area contributed by atoms with Crippen molar-refractivity contribution in [3.63, 3.8) is 0 Å². The van der Waals surface area contributed by atoms with E-state index in [-0.39, 0.29) is 12.2 Å². The van der Waals surface area contributed by atoms with E-state index < -0.39 is 11.9 Å². The van der Waals surface area contributed by atoms with Crippen LogP contribution in [0.5, 0.6) is 0 Å². The predicted octanol–water partition coefficient (Wildman–Crippen LogP) is 2.25. The SMILES string of the molecule is COCC(O)c1cc2cccc(F)c2o1. The summed E-state index contributed by atoms with van der Waals surface area (Å²) in [7, 11) is 1.48.